The molecular weight excluding hydrogens is 226 g/mol. The highest BCUT2D eigenvalue weighted by atomic mass is 16.5. The van der Waals surface area contributed by atoms with Gasteiger partial charge in [-0.3, -0.25) is 9.67 Å². The average molecular weight is 239 g/mol. The van der Waals surface area contributed by atoms with E-state index in [1.165, 1.54) is 0 Å². The van der Waals surface area contributed by atoms with Crippen molar-refractivity contribution in [3.63, 3.8) is 0 Å². The second-order valence-electron chi connectivity index (χ2n) is 4.15. The molecule has 0 saturated heterocycles. The first kappa shape index (κ1) is 10.8. The molecule has 0 saturated carbocycles. The summed E-state index contributed by atoms with van der Waals surface area (Å²) in [4.78, 5) is 4.46. The van der Waals surface area contributed by atoms with Crippen LogP contribution in [0.2, 0.25) is 0 Å². The number of nitrogens with zero attached hydrogens (tertiary/aromatic N) is 3. The molecule has 0 atom stereocenters. The van der Waals surface area contributed by atoms with E-state index < -0.39 is 0 Å². The zero-order valence-electron chi connectivity index (χ0n) is 10.3. The van der Waals surface area contributed by atoms with Gasteiger partial charge in [0.1, 0.15) is 5.75 Å². The summed E-state index contributed by atoms with van der Waals surface area (Å²) in [6.45, 7) is 0. The number of methoxy groups -OCH3 is 1. The van der Waals surface area contributed by atoms with Crippen molar-refractivity contribution in [1.82, 2.24) is 14.8 Å². The van der Waals surface area contributed by atoms with Crippen LogP contribution in [0.15, 0.2) is 42.9 Å². The average Bonchev–Trinajstić information content (AvgIpc) is 2.84. The predicted molar refractivity (Wildman–Crippen MR) is 70.5 cm³/mol. The fourth-order valence-electron chi connectivity index (χ4n) is 2.05. The van der Waals surface area contributed by atoms with E-state index in [-0.39, 0.29) is 0 Å². The highest BCUT2D eigenvalue weighted by Gasteiger charge is 2.08. The first-order valence-electron chi connectivity index (χ1n) is 5.70. The van der Waals surface area contributed by atoms with Gasteiger partial charge in [0.25, 0.3) is 0 Å². The molecule has 0 amide bonds. The molecule has 0 bridgehead atoms. The number of hydrogen-bond acceptors (Lipinski definition) is 3. The first-order valence-corrected chi connectivity index (χ1v) is 5.70. The Morgan fingerprint density at radius 1 is 1.22 bits per heavy atom. The van der Waals surface area contributed by atoms with Gasteiger partial charge in [0.05, 0.1) is 19.0 Å². The molecular formula is C14H13N3O. The minimum absolute atomic E-state index is 0.834. The Morgan fingerprint density at radius 2 is 2.11 bits per heavy atom. The lowest BCUT2D eigenvalue weighted by atomic mass is 10.1. The third kappa shape index (κ3) is 1.72. The summed E-state index contributed by atoms with van der Waals surface area (Å²) >= 11 is 0. The molecule has 0 radical (unpaired) electrons. The SMILES string of the molecule is COc1ccc2ccnc(-c3cnn(C)c3)c2c1. The first-order chi connectivity index (χ1) is 8.78. The van der Waals surface area contributed by atoms with Crippen LogP contribution in [0.3, 0.4) is 0 Å². The summed E-state index contributed by atoms with van der Waals surface area (Å²) < 4.78 is 7.04. The van der Waals surface area contributed by atoms with Crippen LogP contribution in [0.25, 0.3) is 22.0 Å². The number of fused-ring (bicyclic) bond motifs is 1. The van der Waals surface area contributed by atoms with Crippen molar-refractivity contribution in [3.05, 3.63) is 42.9 Å². The Bertz CT molecular complexity index is 703. The monoisotopic (exact) mass is 239 g/mol. The van der Waals surface area contributed by atoms with E-state index in [2.05, 4.69) is 10.1 Å². The molecule has 3 aromatic rings. The molecule has 0 spiro atoms. The molecule has 90 valence electrons. The summed E-state index contributed by atoms with van der Waals surface area (Å²) in [7, 11) is 3.57. The Kier molecular flexibility index (Phi) is 2.48. The van der Waals surface area contributed by atoms with E-state index in [9.17, 15) is 0 Å². The van der Waals surface area contributed by atoms with Gasteiger partial charge >= 0.3 is 0 Å². The van der Waals surface area contributed by atoms with Crippen molar-refractivity contribution in [2.24, 2.45) is 7.05 Å². The standard InChI is InChI=1S/C14H13N3O/c1-17-9-11(8-16-17)14-13-7-12(18-2)4-3-10(13)5-6-15-14/h3-9H,1-2H3. The molecule has 4 nitrogen and oxygen atoms in total. The number of rotatable bonds is 2. The summed E-state index contributed by atoms with van der Waals surface area (Å²) in [5, 5.41) is 6.40. The molecule has 0 unspecified atom stereocenters. The van der Waals surface area contributed by atoms with Crippen LogP contribution >= 0.6 is 0 Å². The molecule has 0 N–H and O–H groups in total. The maximum absolute atomic E-state index is 5.27. The minimum atomic E-state index is 0.834. The number of benzene rings is 1. The Morgan fingerprint density at radius 3 is 2.83 bits per heavy atom. The zero-order valence-corrected chi connectivity index (χ0v) is 10.3. The van der Waals surface area contributed by atoms with Gasteiger partial charge in [0.15, 0.2) is 0 Å². The maximum Gasteiger partial charge on any atom is 0.119 e. The van der Waals surface area contributed by atoms with Crippen molar-refractivity contribution in [2.75, 3.05) is 7.11 Å². The van der Waals surface area contributed by atoms with Crippen molar-refractivity contribution in [3.8, 4) is 17.0 Å². The summed E-state index contributed by atoms with van der Waals surface area (Å²) in [6.07, 6.45) is 5.60. The second kappa shape index (κ2) is 4.14. The van der Waals surface area contributed by atoms with Crippen LogP contribution in [-0.2, 0) is 7.05 Å². The molecule has 3 rings (SSSR count). The molecule has 0 aliphatic heterocycles. The predicted octanol–water partition coefficient (Wildman–Crippen LogP) is 2.64. The number of hydrogen-bond donors (Lipinski definition) is 0. The van der Waals surface area contributed by atoms with E-state index in [4.69, 9.17) is 4.74 Å². The quantitative estimate of drug-likeness (QED) is 0.690. The number of ether oxygens (including phenoxy) is 1. The molecule has 1 aromatic carbocycles. The third-order valence-electron chi connectivity index (χ3n) is 2.95. The van der Waals surface area contributed by atoms with Gasteiger partial charge in [-0.05, 0) is 23.6 Å². The van der Waals surface area contributed by atoms with Gasteiger partial charge in [0, 0.05) is 30.4 Å². The maximum atomic E-state index is 5.27. The van der Waals surface area contributed by atoms with Crippen LogP contribution in [-0.4, -0.2) is 21.9 Å². The number of aromatic nitrogens is 3. The summed E-state index contributed by atoms with van der Waals surface area (Å²) in [5.74, 6) is 0.834. The van der Waals surface area contributed by atoms with E-state index >= 15 is 0 Å². The molecule has 0 fully saturated rings. The molecule has 2 aromatic heterocycles. The molecule has 0 aliphatic carbocycles. The molecule has 0 aliphatic rings. The Hall–Kier alpha value is -2.36. The van der Waals surface area contributed by atoms with E-state index in [0.717, 1.165) is 27.8 Å². The van der Waals surface area contributed by atoms with Crippen molar-refractivity contribution < 1.29 is 4.74 Å². The van der Waals surface area contributed by atoms with E-state index in [1.54, 1.807) is 11.8 Å². The van der Waals surface area contributed by atoms with E-state index in [1.807, 2.05) is 49.9 Å². The molecule has 4 heteroatoms. The fraction of sp³-hybridized carbons (Fsp3) is 0.143. The topological polar surface area (TPSA) is 39.9 Å². The van der Waals surface area contributed by atoms with Crippen LogP contribution in [0.4, 0.5) is 0 Å². The molecule has 2 heterocycles. The normalized spacial score (nSPS) is 10.8. The van der Waals surface area contributed by atoms with Gasteiger partial charge < -0.3 is 4.74 Å². The lowest BCUT2D eigenvalue weighted by molar-refractivity contribution is 0.415. The lowest BCUT2D eigenvalue weighted by Gasteiger charge is -2.05. The number of aryl methyl sites for hydroxylation is 1. The van der Waals surface area contributed by atoms with E-state index in [0.29, 0.717) is 0 Å². The highest BCUT2D eigenvalue weighted by Crippen LogP contribution is 2.28. The largest absolute Gasteiger partial charge is 0.497 e. The Balaban J connectivity index is 2.28. The van der Waals surface area contributed by atoms with Gasteiger partial charge in [-0.25, -0.2) is 0 Å². The number of pyridine rings is 1. The smallest absolute Gasteiger partial charge is 0.119 e. The second-order valence-corrected chi connectivity index (χ2v) is 4.15. The summed E-state index contributed by atoms with van der Waals surface area (Å²) in [6, 6.07) is 7.99. The molecule has 18 heavy (non-hydrogen) atoms. The van der Waals surface area contributed by atoms with Gasteiger partial charge in [0.2, 0.25) is 0 Å². The fourth-order valence-corrected chi connectivity index (χ4v) is 2.05. The minimum Gasteiger partial charge on any atom is -0.497 e. The van der Waals surface area contributed by atoms with Crippen molar-refractivity contribution in [1.29, 1.82) is 0 Å². The van der Waals surface area contributed by atoms with Crippen LogP contribution in [0, 0.1) is 0 Å². The highest BCUT2D eigenvalue weighted by molar-refractivity contribution is 5.95. The lowest BCUT2D eigenvalue weighted by Crippen LogP contribution is -1.87. The van der Waals surface area contributed by atoms with Crippen molar-refractivity contribution in [2.45, 2.75) is 0 Å². The van der Waals surface area contributed by atoms with Crippen molar-refractivity contribution >= 4 is 10.8 Å². The van der Waals surface area contributed by atoms with Crippen LogP contribution in [0.5, 0.6) is 5.75 Å². The van der Waals surface area contributed by atoms with Gasteiger partial charge in [-0.2, -0.15) is 5.10 Å². The third-order valence-corrected chi connectivity index (χ3v) is 2.95. The summed E-state index contributed by atoms with van der Waals surface area (Å²) in [5.41, 5.74) is 1.94. The zero-order chi connectivity index (χ0) is 12.5. The van der Waals surface area contributed by atoms with Gasteiger partial charge in [-0.1, -0.05) is 6.07 Å². The van der Waals surface area contributed by atoms with Gasteiger partial charge in [-0.15, -0.1) is 0 Å². The Labute approximate surface area is 105 Å². The van der Waals surface area contributed by atoms with Crippen LogP contribution in [0.1, 0.15) is 0 Å². The van der Waals surface area contributed by atoms with Crippen LogP contribution < -0.4 is 4.74 Å².